The molecule has 1 aliphatic carbocycles. The van der Waals surface area contributed by atoms with Crippen molar-refractivity contribution in [3.8, 4) is 0 Å². The first-order valence-corrected chi connectivity index (χ1v) is 8.48. The molecule has 0 radical (unpaired) electrons. The Hall–Kier alpha value is -1.88. The molecule has 0 saturated heterocycles. The number of imidazole rings is 1. The smallest absolute Gasteiger partial charge is 0.139 e. The van der Waals surface area contributed by atoms with Crippen LogP contribution >= 0.6 is 0 Å². The zero-order valence-corrected chi connectivity index (χ0v) is 14.0. The summed E-state index contributed by atoms with van der Waals surface area (Å²) in [6.45, 7) is 5.95. The van der Waals surface area contributed by atoms with Crippen molar-refractivity contribution in [2.24, 2.45) is 5.92 Å². The van der Waals surface area contributed by atoms with E-state index in [-0.39, 0.29) is 0 Å². The molecule has 5 nitrogen and oxygen atoms in total. The first-order valence-electron chi connectivity index (χ1n) is 8.48. The fourth-order valence-corrected chi connectivity index (χ4v) is 4.20. The first kappa shape index (κ1) is 14.7. The molecule has 0 atom stereocenters. The molecule has 0 bridgehead atoms. The van der Waals surface area contributed by atoms with Crippen LogP contribution in [0.25, 0.3) is 22.1 Å². The maximum absolute atomic E-state index is 10.3. The third-order valence-electron chi connectivity index (χ3n) is 5.47. The number of pyridine rings is 1. The monoisotopic (exact) mass is 312 g/mol. The van der Waals surface area contributed by atoms with Gasteiger partial charge in [0.15, 0.2) is 0 Å². The highest BCUT2D eigenvalue weighted by Gasteiger charge is 2.33. The summed E-state index contributed by atoms with van der Waals surface area (Å²) in [6.07, 6.45) is 8.11. The molecule has 1 fully saturated rings. The van der Waals surface area contributed by atoms with Crippen LogP contribution in [0.5, 0.6) is 0 Å². The zero-order chi connectivity index (χ0) is 16.2. The van der Waals surface area contributed by atoms with Crippen LogP contribution in [-0.2, 0) is 0 Å². The molecule has 5 heteroatoms. The lowest BCUT2D eigenvalue weighted by Crippen LogP contribution is -2.34. The molecule has 3 heterocycles. The second kappa shape index (κ2) is 5.06. The number of rotatable bonds is 2. The van der Waals surface area contributed by atoms with Gasteiger partial charge in [-0.15, -0.1) is 0 Å². The Balaban J connectivity index is 1.75. The van der Waals surface area contributed by atoms with E-state index in [4.69, 9.17) is 4.98 Å². The fraction of sp³-hybridized carbons (Fsp3) is 0.556. The van der Waals surface area contributed by atoms with Gasteiger partial charge in [-0.25, -0.2) is 9.97 Å². The minimum Gasteiger partial charge on any atom is -0.390 e. The predicted molar refractivity (Wildman–Crippen MR) is 91.4 cm³/mol. The van der Waals surface area contributed by atoms with Crippen molar-refractivity contribution in [2.75, 3.05) is 0 Å². The molecule has 0 aliphatic heterocycles. The van der Waals surface area contributed by atoms with E-state index in [0.29, 0.717) is 12.0 Å². The summed E-state index contributed by atoms with van der Waals surface area (Å²) in [7, 11) is 0. The molecular weight excluding hydrogens is 288 g/mol. The molecule has 3 aromatic rings. The Kier molecular flexibility index (Phi) is 3.23. The summed E-state index contributed by atoms with van der Waals surface area (Å²) < 4.78 is 2.40. The number of aliphatic hydroxyl groups is 1. The van der Waals surface area contributed by atoms with E-state index in [1.807, 2.05) is 26.2 Å². The van der Waals surface area contributed by atoms with Gasteiger partial charge in [-0.1, -0.05) is 0 Å². The van der Waals surface area contributed by atoms with E-state index in [2.05, 4.69) is 27.5 Å². The normalized spacial score (nSPS) is 23.0. The number of aromatic amines is 1. The minimum atomic E-state index is -0.575. The van der Waals surface area contributed by atoms with Crippen molar-refractivity contribution in [1.29, 1.82) is 0 Å². The van der Waals surface area contributed by atoms with Gasteiger partial charge in [0.05, 0.1) is 17.3 Å². The summed E-state index contributed by atoms with van der Waals surface area (Å²) in [5.74, 6) is 1.45. The van der Waals surface area contributed by atoms with Crippen LogP contribution in [0, 0.1) is 12.8 Å². The van der Waals surface area contributed by atoms with Crippen LogP contribution < -0.4 is 0 Å². The number of nitrogens with one attached hydrogen (secondary N) is 1. The molecule has 3 aromatic heterocycles. The molecule has 122 valence electrons. The van der Waals surface area contributed by atoms with Gasteiger partial charge >= 0.3 is 0 Å². The average Bonchev–Trinajstić information content (AvgIpc) is 3.09. The third kappa shape index (κ3) is 2.34. The van der Waals surface area contributed by atoms with Gasteiger partial charge in [0, 0.05) is 17.6 Å². The SMILES string of the molecule is Cc1nc2cnc3[nH]ccc3c2n1C1CCC(C(C)(C)O)CC1. The standard InChI is InChI=1S/C18H24N4O/c1-11-21-15-10-20-17-14(8-9-19-17)16(15)22(11)13-6-4-12(5-7-13)18(2,3)23/h8-10,12-13,23H,4-7H2,1-3H3,(H,19,20). The largest absolute Gasteiger partial charge is 0.390 e. The Morgan fingerprint density at radius 3 is 2.70 bits per heavy atom. The molecule has 1 saturated carbocycles. The number of aromatic nitrogens is 4. The minimum absolute atomic E-state index is 0.391. The van der Waals surface area contributed by atoms with Crippen LogP contribution in [0.15, 0.2) is 18.5 Å². The molecule has 0 aromatic carbocycles. The first-order chi connectivity index (χ1) is 10.9. The summed E-state index contributed by atoms with van der Waals surface area (Å²) >= 11 is 0. The molecule has 0 spiro atoms. The number of aryl methyl sites for hydroxylation is 1. The number of hydrogen-bond donors (Lipinski definition) is 2. The number of fused-ring (bicyclic) bond motifs is 3. The van der Waals surface area contributed by atoms with Crippen LogP contribution in [0.2, 0.25) is 0 Å². The molecule has 1 aliphatic rings. The van der Waals surface area contributed by atoms with Gasteiger partial charge in [-0.3, -0.25) is 0 Å². The maximum atomic E-state index is 10.3. The Morgan fingerprint density at radius 2 is 2.00 bits per heavy atom. The van der Waals surface area contributed by atoms with Gasteiger partial charge in [0.2, 0.25) is 0 Å². The highest BCUT2D eigenvalue weighted by molar-refractivity contribution is 6.01. The fourth-order valence-electron chi connectivity index (χ4n) is 4.20. The van der Waals surface area contributed by atoms with Gasteiger partial charge in [-0.05, 0) is 58.4 Å². The topological polar surface area (TPSA) is 66.7 Å². The Morgan fingerprint density at radius 1 is 1.26 bits per heavy atom. The highest BCUT2D eigenvalue weighted by atomic mass is 16.3. The van der Waals surface area contributed by atoms with Crippen LogP contribution in [0.3, 0.4) is 0 Å². The van der Waals surface area contributed by atoms with Crippen molar-refractivity contribution in [3.05, 3.63) is 24.3 Å². The van der Waals surface area contributed by atoms with E-state index in [9.17, 15) is 5.11 Å². The third-order valence-corrected chi connectivity index (χ3v) is 5.47. The van der Waals surface area contributed by atoms with Crippen molar-refractivity contribution in [3.63, 3.8) is 0 Å². The Labute approximate surface area is 135 Å². The summed E-state index contributed by atoms with van der Waals surface area (Å²) in [5.41, 5.74) is 2.51. The van der Waals surface area contributed by atoms with Crippen LogP contribution in [-0.4, -0.2) is 30.2 Å². The van der Waals surface area contributed by atoms with E-state index in [1.165, 1.54) is 5.52 Å². The molecule has 0 unspecified atom stereocenters. The van der Waals surface area contributed by atoms with Gasteiger partial charge in [0.25, 0.3) is 0 Å². The van der Waals surface area contributed by atoms with Crippen LogP contribution in [0.1, 0.15) is 51.4 Å². The van der Waals surface area contributed by atoms with Crippen LogP contribution in [0.4, 0.5) is 0 Å². The van der Waals surface area contributed by atoms with Crippen molar-refractivity contribution >= 4 is 22.1 Å². The highest BCUT2D eigenvalue weighted by Crippen LogP contribution is 2.40. The second-order valence-electron chi connectivity index (χ2n) is 7.42. The van der Waals surface area contributed by atoms with Crippen molar-refractivity contribution in [2.45, 2.75) is 58.1 Å². The van der Waals surface area contributed by atoms with E-state index >= 15 is 0 Å². The zero-order valence-electron chi connectivity index (χ0n) is 14.0. The average molecular weight is 312 g/mol. The Bertz CT molecular complexity index is 847. The number of H-pyrrole nitrogens is 1. The lowest BCUT2D eigenvalue weighted by Gasteiger charge is -2.36. The lowest BCUT2D eigenvalue weighted by atomic mass is 9.77. The molecule has 4 rings (SSSR count). The molecule has 0 amide bonds. The molecule has 23 heavy (non-hydrogen) atoms. The second-order valence-corrected chi connectivity index (χ2v) is 7.42. The quantitative estimate of drug-likeness (QED) is 0.758. The van der Waals surface area contributed by atoms with E-state index < -0.39 is 5.60 Å². The van der Waals surface area contributed by atoms with E-state index in [1.54, 1.807) is 0 Å². The summed E-state index contributed by atoms with van der Waals surface area (Å²) in [5, 5.41) is 11.4. The van der Waals surface area contributed by atoms with Gasteiger partial charge in [-0.2, -0.15) is 0 Å². The molecular formula is C18H24N4O. The number of nitrogens with zero attached hydrogens (tertiary/aromatic N) is 3. The van der Waals surface area contributed by atoms with Crippen molar-refractivity contribution < 1.29 is 5.11 Å². The number of hydrogen-bond acceptors (Lipinski definition) is 3. The lowest BCUT2D eigenvalue weighted by molar-refractivity contribution is -0.00474. The van der Waals surface area contributed by atoms with E-state index in [0.717, 1.165) is 48.1 Å². The summed E-state index contributed by atoms with van der Waals surface area (Å²) in [4.78, 5) is 12.4. The van der Waals surface area contributed by atoms with Gasteiger partial charge in [0.1, 0.15) is 17.0 Å². The molecule has 2 N–H and O–H groups in total. The van der Waals surface area contributed by atoms with Gasteiger partial charge < -0.3 is 14.7 Å². The predicted octanol–water partition coefficient (Wildman–Crippen LogP) is 3.72. The maximum Gasteiger partial charge on any atom is 0.139 e. The van der Waals surface area contributed by atoms with Crippen molar-refractivity contribution in [1.82, 2.24) is 19.5 Å². The summed E-state index contributed by atoms with van der Waals surface area (Å²) in [6, 6.07) is 2.55.